The van der Waals surface area contributed by atoms with Crippen LogP contribution in [0, 0.1) is 5.92 Å². The molecule has 0 aromatic carbocycles. The molecule has 144 valence electrons. The van der Waals surface area contributed by atoms with Gasteiger partial charge in [0.15, 0.2) is 11.2 Å². The zero-order valence-corrected chi connectivity index (χ0v) is 16.1. The number of nitrogens with zero attached hydrogens (tertiary/aromatic N) is 4. The number of carbonyl (C=O) groups excluding carboxylic acids is 1. The third-order valence-electron chi connectivity index (χ3n) is 4.53. The molecule has 2 aromatic heterocycles. The van der Waals surface area contributed by atoms with Crippen molar-refractivity contribution in [3.05, 3.63) is 27.2 Å². The van der Waals surface area contributed by atoms with Crippen molar-refractivity contribution in [1.29, 1.82) is 0 Å². The number of hydrogen-bond donors (Lipinski definition) is 1. The molecule has 0 aliphatic carbocycles. The van der Waals surface area contributed by atoms with E-state index in [1.165, 1.54) is 23.7 Å². The average molecular weight is 363 g/mol. The molecule has 1 N–H and O–H groups in total. The van der Waals surface area contributed by atoms with Crippen LogP contribution in [0.5, 0.6) is 0 Å². The van der Waals surface area contributed by atoms with Crippen LogP contribution in [0.1, 0.15) is 46.0 Å². The van der Waals surface area contributed by atoms with Crippen molar-refractivity contribution in [1.82, 2.24) is 24.0 Å². The summed E-state index contributed by atoms with van der Waals surface area (Å²) in [6.45, 7) is 4.72. The number of imidazole rings is 1. The van der Waals surface area contributed by atoms with Gasteiger partial charge in [-0.2, -0.15) is 0 Å². The van der Waals surface area contributed by atoms with Gasteiger partial charge in [0, 0.05) is 20.6 Å². The Bertz CT molecular complexity index is 875. The molecule has 26 heavy (non-hydrogen) atoms. The standard InChI is InChI=1S/C18H29N5O3/c1-13(2)9-7-5-6-8-10-19-14(24)11-23-17(25)15-16(20-12-21(15)3)22(4)18(23)26/h12-13H,5-11H2,1-4H3,(H,19,24). The molecule has 2 rings (SSSR count). The first-order chi connectivity index (χ1) is 12.3. The Labute approximate surface area is 152 Å². The summed E-state index contributed by atoms with van der Waals surface area (Å²) in [5, 5.41) is 2.79. The topological polar surface area (TPSA) is 90.9 Å². The molecule has 8 heteroatoms. The molecule has 0 atom stereocenters. The monoisotopic (exact) mass is 363 g/mol. The molecular formula is C18H29N5O3. The van der Waals surface area contributed by atoms with E-state index in [4.69, 9.17) is 0 Å². The summed E-state index contributed by atoms with van der Waals surface area (Å²) in [6.07, 6.45) is 7.05. The normalized spacial score (nSPS) is 11.4. The SMILES string of the molecule is CC(C)CCCCCCNC(=O)Cn1c(=O)c2c(ncn2C)n(C)c1=O. The van der Waals surface area contributed by atoms with Crippen molar-refractivity contribution in [3.63, 3.8) is 0 Å². The van der Waals surface area contributed by atoms with Gasteiger partial charge in [-0.15, -0.1) is 0 Å². The van der Waals surface area contributed by atoms with E-state index in [2.05, 4.69) is 24.1 Å². The maximum Gasteiger partial charge on any atom is 0.332 e. The van der Waals surface area contributed by atoms with Gasteiger partial charge in [-0.25, -0.2) is 14.3 Å². The molecule has 0 aliphatic heterocycles. The maximum absolute atomic E-state index is 12.5. The summed E-state index contributed by atoms with van der Waals surface area (Å²) in [5.41, 5.74) is -0.400. The van der Waals surface area contributed by atoms with Crippen LogP contribution in [0.2, 0.25) is 0 Å². The van der Waals surface area contributed by atoms with E-state index in [9.17, 15) is 14.4 Å². The number of carbonyl (C=O) groups is 1. The van der Waals surface area contributed by atoms with Gasteiger partial charge in [-0.05, 0) is 12.3 Å². The Kier molecular flexibility index (Phi) is 6.76. The van der Waals surface area contributed by atoms with Crippen LogP contribution in [0.3, 0.4) is 0 Å². The molecule has 0 fully saturated rings. The van der Waals surface area contributed by atoms with E-state index < -0.39 is 11.2 Å². The number of amides is 1. The minimum Gasteiger partial charge on any atom is -0.355 e. The fraction of sp³-hybridized carbons (Fsp3) is 0.667. The molecule has 8 nitrogen and oxygen atoms in total. The second kappa shape index (κ2) is 8.82. The zero-order valence-electron chi connectivity index (χ0n) is 16.1. The van der Waals surface area contributed by atoms with Gasteiger partial charge in [0.05, 0.1) is 6.33 Å². The second-order valence-electron chi connectivity index (χ2n) is 7.21. The summed E-state index contributed by atoms with van der Waals surface area (Å²) in [4.78, 5) is 41.1. The Morgan fingerprint density at radius 2 is 1.85 bits per heavy atom. The van der Waals surface area contributed by atoms with Gasteiger partial charge >= 0.3 is 5.69 Å². The van der Waals surface area contributed by atoms with Gasteiger partial charge in [-0.1, -0.05) is 39.5 Å². The number of unbranched alkanes of at least 4 members (excludes halogenated alkanes) is 3. The highest BCUT2D eigenvalue weighted by molar-refractivity contribution is 5.76. The number of hydrogen-bond acceptors (Lipinski definition) is 4. The number of nitrogens with one attached hydrogen (secondary N) is 1. The van der Waals surface area contributed by atoms with Crippen LogP contribution in [-0.2, 0) is 25.4 Å². The van der Waals surface area contributed by atoms with Gasteiger partial charge in [0.1, 0.15) is 6.54 Å². The minimum atomic E-state index is -0.537. The first kappa shape index (κ1) is 19.9. The highest BCUT2D eigenvalue weighted by atomic mass is 16.2. The Morgan fingerprint density at radius 1 is 1.15 bits per heavy atom. The molecule has 0 aliphatic rings. The lowest BCUT2D eigenvalue weighted by molar-refractivity contribution is -0.121. The van der Waals surface area contributed by atoms with Crippen LogP contribution >= 0.6 is 0 Å². The van der Waals surface area contributed by atoms with Crippen molar-refractivity contribution in [2.45, 2.75) is 52.5 Å². The highest BCUT2D eigenvalue weighted by Gasteiger charge is 2.16. The Morgan fingerprint density at radius 3 is 2.54 bits per heavy atom. The Hall–Kier alpha value is -2.38. The number of rotatable bonds is 9. The molecule has 2 aromatic rings. The van der Waals surface area contributed by atoms with Gasteiger partial charge in [0.25, 0.3) is 5.56 Å². The number of aromatic nitrogens is 4. The van der Waals surface area contributed by atoms with E-state index in [0.717, 1.165) is 29.7 Å². The van der Waals surface area contributed by atoms with E-state index >= 15 is 0 Å². The molecule has 0 unspecified atom stereocenters. The lowest BCUT2D eigenvalue weighted by Gasteiger charge is -2.09. The molecule has 1 amide bonds. The molecular weight excluding hydrogens is 334 g/mol. The quantitative estimate of drug-likeness (QED) is 0.677. The summed E-state index contributed by atoms with van der Waals surface area (Å²) < 4.78 is 3.81. The van der Waals surface area contributed by atoms with Crippen LogP contribution in [0.25, 0.3) is 11.2 Å². The van der Waals surface area contributed by atoms with E-state index in [-0.39, 0.29) is 12.5 Å². The van der Waals surface area contributed by atoms with E-state index in [1.807, 2.05) is 0 Å². The lowest BCUT2D eigenvalue weighted by atomic mass is 10.0. The summed E-state index contributed by atoms with van der Waals surface area (Å²) in [5.74, 6) is 0.403. The minimum absolute atomic E-state index is 0.278. The third kappa shape index (κ3) is 4.62. The first-order valence-corrected chi connectivity index (χ1v) is 9.20. The smallest absolute Gasteiger partial charge is 0.332 e. The summed E-state index contributed by atoms with van der Waals surface area (Å²) in [7, 11) is 3.23. The summed E-state index contributed by atoms with van der Waals surface area (Å²) >= 11 is 0. The first-order valence-electron chi connectivity index (χ1n) is 9.20. The molecule has 2 heterocycles. The van der Waals surface area contributed by atoms with Gasteiger partial charge < -0.3 is 9.88 Å². The van der Waals surface area contributed by atoms with Crippen LogP contribution < -0.4 is 16.6 Å². The van der Waals surface area contributed by atoms with Crippen molar-refractivity contribution in [2.75, 3.05) is 6.54 Å². The van der Waals surface area contributed by atoms with E-state index in [0.29, 0.717) is 17.7 Å². The van der Waals surface area contributed by atoms with Crippen molar-refractivity contribution in [2.24, 2.45) is 20.0 Å². The second-order valence-corrected chi connectivity index (χ2v) is 7.21. The molecule has 0 saturated carbocycles. The highest BCUT2D eigenvalue weighted by Crippen LogP contribution is 2.09. The van der Waals surface area contributed by atoms with Crippen LogP contribution in [0.15, 0.2) is 15.9 Å². The largest absolute Gasteiger partial charge is 0.355 e. The molecule has 0 radical (unpaired) electrons. The van der Waals surface area contributed by atoms with Crippen LogP contribution in [-0.4, -0.2) is 31.1 Å². The van der Waals surface area contributed by atoms with Crippen molar-refractivity contribution >= 4 is 17.1 Å². The molecule has 0 saturated heterocycles. The van der Waals surface area contributed by atoms with Gasteiger partial charge in [-0.3, -0.25) is 14.2 Å². The number of fused-ring (bicyclic) bond motifs is 1. The maximum atomic E-state index is 12.5. The zero-order chi connectivity index (χ0) is 19.3. The van der Waals surface area contributed by atoms with E-state index in [1.54, 1.807) is 18.7 Å². The Balaban J connectivity index is 1.92. The predicted molar refractivity (Wildman–Crippen MR) is 101 cm³/mol. The molecule has 0 spiro atoms. The number of aryl methyl sites for hydroxylation is 2. The van der Waals surface area contributed by atoms with Gasteiger partial charge in [0.2, 0.25) is 5.91 Å². The fourth-order valence-electron chi connectivity index (χ4n) is 2.99. The summed E-state index contributed by atoms with van der Waals surface area (Å²) in [6, 6.07) is 0. The predicted octanol–water partition coefficient (Wildman–Crippen LogP) is 1.16. The van der Waals surface area contributed by atoms with Crippen molar-refractivity contribution < 1.29 is 4.79 Å². The van der Waals surface area contributed by atoms with Crippen LogP contribution in [0.4, 0.5) is 0 Å². The third-order valence-corrected chi connectivity index (χ3v) is 4.53. The lowest BCUT2D eigenvalue weighted by Crippen LogP contribution is -2.43. The molecule has 0 bridgehead atoms. The average Bonchev–Trinajstić information content (AvgIpc) is 2.97. The fourth-order valence-corrected chi connectivity index (χ4v) is 2.99. The van der Waals surface area contributed by atoms with Crippen molar-refractivity contribution in [3.8, 4) is 0 Å².